The van der Waals surface area contributed by atoms with E-state index in [9.17, 15) is 0 Å². The standard InChI is InChI=1S/C7H15N/c1-4-7(5-2)6-8(7)3/h4-6H2,1-3H3. The summed E-state index contributed by atoms with van der Waals surface area (Å²) in [7, 11) is 2.20. The van der Waals surface area contributed by atoms with Crippen LogP contribution in [0.3, 0.4) is 0 Å². The zero-order valence-corrected chi connectivity index (χ0v) is 6.07. The number of hydrogen-bond acceptors (Lipinski definition) is 1. The van der Waals surface area contributed by atoms with Gasteiger partial charge in [-0.25, -0.2) is 0 Å². The zero-order valence-electron chi connectivity index (χ0n) is 6.07. The molecule has 0 aromatic carbocycles. The molecule has 1 rings (SSSR count). The van der Waals surface area contributed by atoms with Gasteiger partial charge in [0.1, 0.15) is 0 Å². The van der Waals surface area contributed by atoms with E-state index in [-0.39, 0.29) is 0 Å². The first-order chi connectivity index (χ1) is 3.75. The van der Waals surface area contributed by atoms with E-state index in [1.54, 1.807) is 0 Å². The van der Waals surface area contributed by atoms with E-state index in [0.29, 0.717) is 5.54 Å². The lowest BCUT2D eigenvalue weighted by atomic mass is 10.0. The Kier molecular flexibility index (Phi) is 1.31. The molecule has 0 saturated carbocycles. The molecule has 0 aromatic rings. The molecule has 0 radical (unpaired) electrons. The minimum atomic E-state index is 0.625. The van der Waals surface area contributed by atoms with Gasteiger partial charge in [0.2, 0.25) is 0 Å². The quantitative estimate of drug-likeness (QED) is 0.490. The summed E-state index contributed by atoms with van der Waals surface area (Å²) in [6.45, 7) is 5.86. The van der Waals surface area contributed by atoms with E-state index in [0.717, 1.165) is 0 Å². The van der Waals surface area contributed by atoms with Gasteiger partial charge >= 0.3 is 0 Å². The van der Waals surface area contributed by atoms with Crippen molar-refractivity contribution in [3.8, 4) is 0 Å². The van der Waals surface area contributed by atoms with E-state index in [4.69, 9.17) is 0 Å². The first-order valence-corrected chi connectivity index (χ1v) is 3.46. The summed E-state index contributed by atoms with van der Waals surface area (Å²) in [5.41, 5.74) is 0.625. The summed E-state index contributed by atoms with van der Waals surface area (Å²) in [6, 6.07) is 0. The fourth-order valence-corrected chi connectivity index (χ4v) is 1.42. The molecule has 48 valence electrons. The predicted molar refractivity (Wildman–Crippen MR) is 35.9 cm³/mol. The molecule has 0 amide bonds. The van der Waals surface area contributed by atoms with E-state index in [1.165, 1.54) is 19.4 Å². The molecule has 1 unspecified atom stereocenters. The first kappa shape index (κ1) is 6.09. The lowest BCUT2D eigenvalue weighted by molar-refractivity contribution is 0.437. The van der Waals surface area contributed by atoms with Crippen LogP contribution in [0.4, 0.5) is 0 Å². The molecular formula is C7H15N. The fraction of sp³-hybridized carbons (Fsp3) is 1.00. The third-order valence-corrected chi connectivity index (χ3v) is 2.55. The van der Waals surface area contributed by atoms with Crippen LogP contribution in [-0.4, -0.2) is 24.0 Å². The lowest BCUT2D eigenvalue weighted by Crippen LogP contribution is -2.12. The molecule has 1 atom stereocenters. The summed E-state index contributed by atoms with van der Waals surface area (Å²) >= 11 is 0. The molecule has 8 heavy (non-hydrogen) atoms. The highest BCUT2D eigenvalue weighted by atomic mass is 15.3. The normalized spacial score (nSPS) is 32.6. The maximum Gasteiger partial charge on any atom is 0.0329 e. The van der Waals surface area contributed by atoms with Crippen LogP contribution in [0, 0.1) is 0 Å². The van der Waals surface area contributed by atoms with Crippen molar-refractivity contribution >= 4 is 0 Å². The Morgan fingerprint density at radius 2 is 1.75 bits per heavy atom. The molecule has 1 heterocycles. The van der Waals surface area contributed by atoms with Gasteiger partial charge in [-0.2, -0.15) is 0 Å². The third-order valence-electron chi connectivity index (χ3n) is 2.55. The Balaban J connectivity index is 2.39. The Morgan fingerprint density at radius 1 is 1.38 bits per heavy atom. The minimum absolute atomic E-state index is 0.625. The van der Waals surface area contributed by atoms with Gasteiger partial charge in [0.15, 0.2) is 0 Å². The van der Waals surface area contributed by atoms with Crippen molar-refractivity contribution in [3.63, 3.8) is 0 Å². The first-order valence-electron chi connectivity index (χ1n) is 3.46. The van der Waals surface area contributed by atoms with E-state index in [1.807, 2.05) is 0 Å². The molecule has 0 aliphatic carbocycles. The highest BCUT2D eigenvalue weighted by Crippen LogP contribution is 2.35. The summed E-state index contributed by atoms with van der Waals surface area (Å²) in [5, 5.41) is 0. The van der Waals surface area contributed by atoms with Crippen molar-refractivity contribution in [2.75, 3.05) is 13.6 Å². The van der Waals surface area contributed by atoms with Crippen LogP contribution in [0.15, 0.2) is 0 Å². The summed E-state index contributed by atoms with van der Waals surface area (Å²) in [5.74, 6) is 0. The number of hydrogen-bond donors (Lipinski definition) is 0. The molecule has 0 aromatic heterocycles. The highest BCUT2D eigenvalue weighted by molar-refractivity contribution is 5.02. The Morgan fingerprint density at radius 3 is 1.75 bits per heavy atom. The Labute approximate surface area is 51.7 Å². The molecule has 1 fully saturated rings. The molecule has 0 N–H and O–H groups in total. The van der Waals surface area contributed by atoms with Crippen LogP contribution in [-0.2, 0) is 0 Å². The number of rotatable bonds is 2. The van der Waals surface area contributed by atoms with Crippen molar-refractivity contribution < 1.29 is 0 Å². The van der Waals surface area contributed by atoms with Crippen molar-refractivity contribution in [1.29, 1.82) is 0 Å². The van der Waals surface area contributed by atoms with Gasteiger partial charge in [0, 0.05) is 12.1 Å². The molecule has 1 aliphatic heterocycles. The van der Waals surface area contributed by atoms with Gasteiger partial charge < -0.3 is 0 Å². The third kappa shape index (κ3) is 0.655. The molecule has 1 saturated heterocycles. The molecule has 1 nitrogen and oxygen atoms in total. The van der Waals surface area contributed by atoms with Crippen molar-refractivity contribution in [1.82, 2.24) is 4.90 Å². The SMILES string of the molecule is CCC1(CC)CN1C. The molecule has 1 heteroatoms. The molecule has 0 bridgehead atoms. The summed E-state index contributed by atoms with van der Waals surface area (Å²) in [4.78, 5) is 2.42. The van der Waals surface area contributed by atoms with Crippen LogP contribution in [0.5, 0.6) is 0 Å². The lowest BCUT2D eigenvalue weighted by Gasteiger charge is -2.07. The van der Waals surface area contributed by atoms with Crippen LogP contribution in [0.25, 0.3) is 0 Å². The summed E-state index contributed by atoms with van der Waals surface area (Å²) < 4.78 is 0. The van der Waals surface area contributed by atoms with Crippen LogP contribution < -0.4 is 0 Å². The zero-order chi connectivity index (χ0) is 6.20. The predicted octanol–water partition coefficient (Wildman–Crippen LogP) is 1.49. The minimum Gasteiger partial charge on any atom is -0.298 e. The van der Waals surface area contributed by atoms with E-state index in [2.05, 4.69) is 25.8 Å². The van der Waals surface area contributed by atoms with Gasteiger partial charge in [0.05, 0.1) is 0 Å². The van der Waals surface area contributed by atoms with E-state index >= 15 is 0 Å². The second-order valence-corrected chi connectivity index (χ2v) is 2.79. The smallest absolute Gasteiger partial charge is 0.0329 e. The highest BCUT2D eigenvalue weighted by Gasteiger charge is 2.45. The average Bonchev–Trinajstić information content (AvgIpc) is 2.43. The van der Waals surface area contributed by atoms with E-state index < -0.39 is 0 Å². The van der Waals surface area contributed by atoms with Crippen LogP contribution in [0.2, 0.25) is 0 Å². The van der Waals surface area contributed by atoms with Gasteiger partial charge in [-0.15, -0.1) is 0 Å². The van der Waals surface area contributed by atoms with Crippen molar-refractivity contribution in [3.05, 3.63) is 0 Å². The van der Waals surface area contributed by atoms with Gasteiger partial charge in [-0.1, -0.05) is 13.8 Å². The molecule has 1 aliphatic rings. The van der Waals surface area contributed by atoms with Crippen LogP contribution >= 0.6 is 0 Å². The largest absolute Gasteiger partial charge is 0.298 e. The van der Waals surface area contributed by atoms with Crippen molar-refractivity contribution in [2.45, 2.75) is 32.2 Å². The topological polar surface area (TPSA) is 3.01 Å². The maximum absolute atomic E-state index is 2.42. The molecule has 0 spiro atoms. The monoisotopic (exact) mass is 113 g/mol. The van der Waals surface area contributed by atoms with Gasteiger partial charge in [0.25, 0.3) is 0 Å². The van der Waals surface area contributed by atoms with Crippen LogP contribution in [0.1, 0.15) is 26.7 Å². The second-order valence-electron chi connectivity index (χ2n) is 2.79. The summed E-state index contributed by atoms with van der Waals surface area (Å²) in [6.07, 6.45) is 2.64. The number of likely N-dealkylation sites (N-methyl/N-ethyl adjacent to an activating group) is 1. The van der Waals surface area contributed by atoms with Gasteiger partial charge in [-0.3, -0.25) is 4.90 Å². The maximum atomic E-state index is 2.42. The second kappa shape index (κ2) is 1.73. The van der Waals surface area contributed by atoms with Crippen molar-refractivity contribution in [2.24, 2.45) is 0 Å². The number of nitrogens with zero attached hydrogens (tertiary/aromatic N) is 1. The van der Waals surface area contributed by atoms with Gasteiger partial charge in [-0.05, 0) is 19.9 Å². The Hall–Kier alpha value is -0.0400. The fourth-order valence-electron chi connectivity index (χ4n) is 1.42. The average molecular weight is 113 g/mol. The molecular weight excluding hydrogens is 98.1 g/mol. The Bertz CT molecular complexity index is 78.9.